The minimum Gasteiger partial charge on any atom is -0.482 e. The molecular weight excluding hydrogens is 430 g/mol. The first kappa shape index (κ1) is 22.3. The van der Waals surface area contributed by atoms with E-state index in [0.29, 0.717) is 42.9 Å². The van der Waals surface area contributed by atoms with Gasteiger partial charge < -0.3 is 15.0 Å². The number of fused-ring (bicyclic) bond motifs is 1. The zero-order valence-electron chi connectivity index (χ0n) is 18.2. The van der Waals surface area contributed by atoms with E-state index in [1.807, 2.05) is 30.3 Å². The molecule has 1 fully saturated rings. The highest BCUT2D eigenvalue weighted by Gasteiger charge is 2.36. The minimum absolute atomic E-state index is 0.0537. The van der Waals surface area contributed by atoms with Crippen molar-refractivity contribution in [2.24, 2.45) is 5.92 Å². The van der Waals surface area contributed by atoms with Crippen molar-refractivity contribution in [2.75, 3.05) is 32.1 Å². The molecule has 1 atom stereocenters. The molecule has 0 saturated carbocycles. The van der Waals surface area contributed by atoms with Crippen molar-refractivity contribution in [3.63, 3.8) is 0 Å². The quantitative estimate of drug-likeness (QED) is 0.744. The first-order chi connectivity index (χ1) is 15.3. The van der Waals surface area contributed by atoms with Crippen LogP contribution in [0.15, 0.2) is 47.4 Å². The van der Waals surface area contributed by atoms with Crippen LogP contribution in [-0.2, 0) is 26.2 Å². The second-order valence-corrected chi connectivity index (χ2v) is 10.2. The molecule has 1 unspecified atom stereocenters. The Kier molecular flexibility index (Phi) is 6.21. The van der Waals surface area contributed by atoms with E-state index in [0.717, 1.165) is 5.56 Å². The number of carbonyl (C=O) groups excluding carboxylic acids is 2. The Morgan fingerprint density at radius 1 is 1.25 bits per heavy atom. The number of rotatable bonds is 5. The predicted molar refractivity (Wildman–Crippen MR) is 120 cm³/mol. The van der Waals surface area contributed by atoms with Crippen LogP contribution in [-0.4, -0.2) is 56.2 Å². The first-order valence-electron chi connectivity index (χ1n) is 10.6. The smallest absolute Gasteiger partial charge is 0.262 e. The number of nitrogens with zero attached hydrogens (tertiary/aromatic N) is 2. The van der Waals surface area contributed by atoms with Gasteiger partial charge in [0.15, 0.2) is 6.61 Å². The number of hydrogen-bond donors (Lipinski definition) is 1. The topological polar surface area (TPSA) is 96.0 Å². The average Bonchev–Trinajstić information content (AvgIpc) is 2.78. The zero-order chi connectivity index (χ0) is 22.9. The number of sulfonamides is 1. The van der Waals surface area contributed by atoms with Crippen LogP contribution in [0.25, 0.3) is 0 Å². The van der Waals surface area contributed by atoms with Gasteiger partial charge in [-0.1, -0.05) is 30.3 Å². The molecule has 8 nitrogen and oxygen atoms in total. The van der Waals surface area contributed by atoms with Gasteiger partial charge in [0.1, 0.15) is 5.75 Å². The summed E-state index contributed by atoms with van der Waals surface area (Å²) in [5.41, 5.74) is 2.01. The second kappa shape index (κ2) is 8.91. The number of benzene rings is 2. The SMILES string of the molecule is Cc1cc2c(cc1S(=O)(=O)N1CCCC(C(=O)N(C)Cc3ccccc3)C1)OCC(=O)N2. The van der Waals surface area contributed by atoms with Crippen molar-refractivity contribution in [3.8, 4) is 5.75 Å². The van der Waals surface area contributed by atoms with Crippen molar-refractivity contribution in [1.29, 1.82) is 0 Å². The molecule has 170 valence electrons. The Balaban J connectivity index is 1.51. The van der Waals surface area contributed by atoms with E-state index < -0.39 is 10.0 Å². The summed E-state index contributed by atoms with van der Waals surface area (Å²) >= 11 is 0. The van der Waals surface area contributed by atoms with Crippen molar-refractivity contribution >= 4 is 27.5 Å². The average molecular weight is 458 g/mol. The lowest BCUT2D eigenvalue weighted by Crippen LogP contribution is -2.45. The third-order valence-corrected chi connectivity index (χ3v) is 7.91. The zero-order valence-corrected chi connectivity index (χ0v) is 19.0. The first-order valence-corrected chi connectivity index (χ1v) is 12.1. The van der Waals surface area contributed by atoms with Crippen LogP contribution >= 0.6 is 0 Å². The number of carbonyl (C=O) groups is 2. The maximum absolute atomic E-state index is 13.4. The van der Waals surface area contributed by atoms with Gasteiger partial charge in [0.25, 0.3) is 5.91 Å². The fraction of sp³-hybridized carbons (Fsp3) is 0.391. The van der Waals surface area contributed by atoms with Crippen molar-refractivity contribution in [1.82, 2.24) is 9.21 Å². The molecule has 0 aromatic heterocycles. The molecule has 0 bridgehead atoms. The third-order valence-electron chi connectivity index (χ3n) is 5.90. The van der Waals surface area contributed by atoms with Gasteiger partial charge in [0.05, 0.1) is 16.5 Å². The Morgan fingerprint density at radius 3 is 2.75 bits per heavy atom. The van der Waals surface area contributed by atoms with Gasteiger partial charge in [-0.05, 0) is 37.0 Å². The summed E-state index contributed by atoms with van der Waals surface area (Å²) in [7, 11) is -2.07. The molecule has 32 heavy (non-hydrogen) atoms. The van der Waals surface area contributed by atoms with Gasteiger partial charge in [0, 0.05) is 32.7 Å². The normalized spacial score (nSPS) is 18.9. The largest absolute Gasteiger partial charge is 0.482 e. The van der Waals surface area contributed by atoms with E-state index in [1.54, 1.807) is 24.9 Å². The molecule has 1 saturated heterocycles. The molecule has 0 spiro atoms. The monoisotopic (exact) mass is 457 g/mol. The van der Waals surface area contributed by atoms with E-state index in [9.17, 15) is 18.0 Å². The molecule has 1 N–H and O–H groups in total. The molecule has 0 radical (unpaired) electrons. The van der Waals surface area contributed by atoms with Crippen LogP contribution in [0, 0.1) is 12.8 Å². The highest BCUT2D eigenvalue weighted by atomic mass is 32.2. The molecule has 0 aliphatic carbocycles. The van der Waals surface area contributed by atoms with Gasteiger partial charge in [-0.2, -0.15) is 4.31 Å². The Morgan fingerprint density at radius 2 is 2.00 bits per heavy atom. The van der Waals surface area contributed by atoms with E-state index in [2.05, 4.69) is 5.32 Å². The molecule has 9 heteroatoms. The van der Waals surface area contributed by atoms with Gasteiger partial charge in [-0.25, -0.2) is 8.42 Å². The number of anilines is 1. The highest BCUT2D eigenvalue weighted by Crippen LogP contribution is 2.35. The van der Waals surface area contributed by atoms with E-state index in [1.165, 1.54) is 10.4 Å². The van der Waals surface area contributed by atoms with Gasteiger partial charge >= 0.3 is 0 Å². The molecule has 2 aliphatic rings. The molecule has 2 aromatic carbocycles. The van der Waals surface area contributed by atoms with Crippen molar-refractivity contribution in [2.45, 2.75) is 31.2 Å². The lowest BCUT2D eigenvalue weighted by Gasteiger charge is -2.33. The summed E-state index contributed by atoms with van der Waals surface area (Å²) in [5, 5.41) is 2.69. The Labute approximate surface area is 188 Å². The van der Waals surface area contributed by atoms with Gasteiger partial charge in [0.2, 0.25) is 15.9 Å². The highest BCUT2D eigenvalue weighted by molar-refractivity contribution is 7.89. The third kappa shape index (κ3) is 4.49. The molecule has 4 rings (SSSR count). The number of aryl methyl sites for hydroxylation is 1. The Hall–Kier alpha value is -2.91. The molecule has 2 heterocycles. The predicted octanol–water partition coefficient (Wildman–Crippen LogP) is 2.39. The second-order valence-electron chi connectivity index (χ2n) is 8.33. The van der Waals surface area contributed by atoms with E-state index >= 15 is 0 Å². The van der Waals surface area contributed by atoms with Crippen LogP contribution in [0.4, 0.5) is 5.69 Å². The number of nitrogens with one attached hydrogen (secondary N) is 1. The molecule has 2 aliphatic heterocycles. The van der Waals surface area contributed by atoms with E-state index in [-0.39, 0.29) is 35.8 Å². The molecule has 2 amide bonds. The fourth-order valence-electron chi connectivity index (χ4n) is 4.24. The van der Waals surface area contributed by atoms with Gasteiger partial charge in [-0.15, -0.1) is 0 Å². The molecule has 2 aromatic rings. The van der Waals surface area contributed by atoms with E-state index in [4.69, 9.17) is 4.74 Å². The van der Waals surface area contributed by atoms with Crippen LogP contribution < -0.4 is 10.1 Å². The minimum atomic E-state index is -3.82. The number of amides is 2. The number of ether oxygens (including phenoxy) is 1. The van der Waals surface area contributed by atoms with Crippen LogP contribution in [0.5, 0.6) is 5.75 Å². The number of hydrogen-bond acceptors (Lipinski definition) is 5. The maximum atomic E-state index is 13.4. The standard InChI is InChI=1S/C23H27N3O5S/c1-16-11-19-20(31-15-22(27)24-19)12-21(16)32(29,30)26-10-6-9-18(14-26)23(28)25(2)13-17-7-4-3-5-8-17/h3-5,7-8,11-12,18H,6,9-10,13-15H2,1-2H3,(H,24,27). The van der Waals surface area contributed by atoms with Crippen LogP contribution in [0.1, 0.15) is 24.0 Å². The summed E-state index contributed by atoms with van der Waals surface area (Å²) in [6.45, 7) is 2.53. The van der Waals surface area contributed by atoms with Crippen molar-refractivity contribution in [3.05, 3.63) is 53.6 Å². The van der Waals surface area contributed by atoms with Crippen LogP contribution in [0.3, 0.4) is 0 Å². The van der Waals surface area contributed by atoms with Gasteiger partial charge in [-0.3, -0.25) is 9.59 Å². The maximum Gasteiger partial charge on any atom is 0.262 e. The summed E-state index contributed by atoms with van der Waals surface area (Å²) in [6, 6.07) is 12.8. The Bertz CT molecular complexity index is 1130. The lowest BCUT2D eigenvalue weighted by atomic mass is 9.98. The fourth-order valence-corrected chi connectivity index (χ4v) is 5.99. The van der Waals surface area contributed by atoms with Crippen molar-refractivity contribution < 1.29 is 22.7 Å². The summed E-state index contributed by atoms with van der Waals surface area (Å²) in [6.07, 6.45) is 1.27. The summed E-state index contributed by atoms with van der Waals surface area (Å²) < 4.78 is 33.7. The number of piperidine rings is 1. The summed E-state index contributed by atoms with van der Waals surface area (Å²) in [4.78, 5) is 26.4. The molecular formula is C23H27N3O5S. The summed E-state index contributed by atoms with van der Waals surface area (Å²) in [5.74, 6) is -0.381. The lowest BCUT2D eigenvalue weighted by molar-refractivity contribution is -0.135. The van der Waals surface area contributed by atoms with Crippen LogP contribution in [0.2, 0.25) is 0 Å².